The molecule has 0 aliphatic carbocycles. The largest absolute Gasteiger partial charge is 0.368 e. The van der Waals surface area contributed by atoms with Gasteiger partial charge in [-0.2, -0.15) is 0 Å². The van der Waals surface area contributed by atoms with Gasteiger partial charge in [0.15, 0.2) is 0 Å². The molecule has 1 amide bonds. The van der Waals surface area contributed by atoms with Gasteiger partial charge in [0.05, 0.1) is 0 Å². The first-order valence-electron chi connectivity index (χ1n) is 6.76. The smallest absolute Gasteiger partial charge is 0.255 e. The van der Waals surface area contributed by atoms with Gasteiger partial charge in [0.1, 0.15) is 5.60 Å². The van der Waals surface area contributed by atoms with Crippen LogP contribution in [0.5, 0.6) is 0 Å². The maximum Gasteiger partial charge on any atom is 0.255 e. The lowest BCUT2D eigenvalue weighted by Crippen LogP contribution is -2.58. The SMILES string of the molecule is COC1(C(=O)N2CCCCC2C)CCNCC1. The Labute approximate surface area is 104 Å². The molecule has 1 unspecified atom stereocenters. The lowest BCUT2D eigenvalue weighted by Gasteiger charge is -2.42. The molecule has 1 N–H and O–H groups in total. The predicted octanol–water partition coefficient (Wildman–Crippen LogP) is 1.16. The molecule has 1 atom stereocenters. The zero-order valence-electron chi connectivity index (χ0n) is 11.0. The lowest BCUT2D eigenvalue weighted by molar-refractivity contribution is -0.161. The van der Waals surface area contributed by atoms with Gasteiger partial charge in [0.25, 0.3) is 5.91 Å². The van der Waals surface area contributed by atoms with E-state index >= 15 is 0 Å². The molecular weight excluding hydrogens is 216 g/mol. The molecule has 0 aromatic rings. The maximum atomic E-state index is 12.7. The molecule has 2 fully saturated rings. The maximum absolute atomic E-state index is 12.7. The topological polar surface area (TPSA) is 41.6 Å². The highest BCUT2D eigenvalue weighted by Crippen LogP contribution is 2.28. The van der Waals surface area contributed by atoms with Crippen LogP contribution >= 0.6 is 0 Å². The average molecular weight is 240 g/mol. The molecular formula is C13H24N2O2. The molecule has 0 bridgehead atoms. The minimum atomic E-state index is -0.559. The Morgan fingerprint density at radius 3 is 2.65 bits per heavy atom. The molecule has 2 aliphatic rings. The predicted molar refractivity (Wildman–Crippen MR) is 66.9 cm³/mol. The summed E-state index contributed by atoms with van der Waals surface area (Å²) in [5.41, 5.74) is -0.559. The Morgan fingerprint density at radius 2 is 2.06 bits per heavy atom. The van der Waals surface area contributed by atoms with Crippen LogP contribution in [0.15, 0.2) is 0 Å². The second-order valence-electron chi connectivity index (χ2n) is 5.29. The monoisotopic (exact) mass is 240 g/mol. The standard InChI is InChI=1S/C13H24N2O2/c1-11-5-3-4-10-15(11)12(16)13(17-2)6-8-14-9-7-13/h11,14H,3-10H2,1-2H3. The van der Waals surface area contributed by atoms with Gasteiger partial charge in [-0.1, -0.05) is 0 Å². The number of likely N-dealkylation sites (tertiary alicyclic amines) is 1. The highest BCUT2D eigenvalue weighted by atomic mass is 16.5. The highest BCUT2D eigenvalue weighted by Gasteiger charge is 2.43. The van der Waals surface area contributed by atoms with Crippen molar-refractivity contribution in [2.75, 3.05) is 26.7 Å². The van der Waals surface area contributed by atoms with Crippen molar-refractivity contribution in [2.24, 2.45) is 0 Å². The van der Waals surface area contributed by atoms with Gasteiger partial charge >= 0.3 is 0 Å². The third kappa shape index (κ3) is 2.47. The van der Waals surface area contributed by atoms with Crippen LogP contribution in [-0.2, 0) is 9.53 Å². The summed E-state index contributed by atoms with van der Waals surface area (Å²) >= 11 is 0. The molecule has 0 radical (unpaired) electrons. The third-order valence-electron chi connectivity index (χ3n) is 4.26. The number of nitrogens with one attached hydrogen (secondary N) is 1. The molecule has 0 aromatic carbocycles. The Bertz CT molecular complexity index is 275. The Balaban J connectivity index is 2.10. The Kier molecular flexibility index (Phi) is 4.05. The quantitative estimate of drug-likeness (QED) is 0.787. The molecule has 4 heteroatoms. The Hall–Kier alpha value is -0.610. The van der Waals surface area contributed by atoms with E-state index < -0.39 is 5.60 Å². The summed E-state index contributed by atoms with van der Waals surface area (Å²) in [5.74, 6) is 0.216. The second-order valence-corrected chi connectivity index (χ2v) is 5.29. The molecule has 0 aromatic heterocycles. The van der Waals surface area contributed by atoms with Crippen LogP contribution in [0.2, 0.25) is 0 Å². The van der Waals surface area contributed by atoms with Crippen molar-refractivity contribution in [1.82, 2.24) is 10.2 Å². The van der Waals surface area contributed by atoms with Gasteiger partial charge in [0, 0.05) is 19.7 Å². The summed E-state index contributed by atoms with van der Waals surface area (Å²) in [6.45, 7) is 4.81. The van der Waals surface area contributed by atoms with Crippen LogP contribution < -0.4 is 5.32 Å². The molecule has 2 heterocycles. The van der Waals surface area contributed by atoms with Gasteiger partial charge in [0.2, 0.25) is 0 Å². The first-order chi connectivity index (χ1) is 8.19. The van der Waals surface area contributed by atoms with Crippen LogP contribution in [0.25, 0.3) is 0 Å². The normalized spacial score (nSPS) is 29.1. The van der Waals surface area contributed by atoms with E-state index in [1.807, 2.05) is 4.90 Å². The fourth-order valence-electron chi connectivity index (χ4n) is 3.00. The molecule has 2 saturated heterocycles. The van der Waals surface area contributed by atoms with E-state index in [1.54, 1.807) is 7.11 Å². The van der Waals surface area contributed by atoms with Crippen LogP contribution in [-0.4, -0.2) is 49.2 Å². The zero-order chi connectivity index (χ0) is 12.3. The molecule has 0 saturated carbocycles. The summed E-state index contributed by atoms with van der Waals surface area (Å²) in [4.78, 5) is 14.7. The van der Waals surface area contributed by atoms with E-state index in [2.05, 4.69) is 12.2 Å². The van der Waals surface area contributed by atoms with E-state index in [9.17, 15) is 4.79 Å². The van der Waals surface area contributed by atoms with Crippen molar-refractivity contribution < 1.29 is 9.53 Å². The van der Waals surface area contributed by atoms with Crippen molar-refractivity contribution in [1.29, 1.82) is 0 Å². The number of carbonyl (C=O) groups excluding carboxylic acids is 1. The Morgan fingerprint density at radius 1 is 1.35 bits per heavy atom. The van der Waals surface area contributed by atoms with Crippen molar-refractivity contribution in [3.63, 3.8) is 0 Å². The molecule has 2 aliphatic heterocycles. The number of piperidine rings is 2. The van der Waals surface area contributed by atoms with Crippen molar-refractivity contribution in [3.05, 3.63) is 0 Å². The number of ether oxygens (including phenoxy) is 1. The van der Waals surface area contributed by atoms with E-state index in [1.165, 1.54) is 6.42 Å². The number of carbonyl (C=O) groups is 1. The number of methoxy groups -OCH3 is 1. The minimum Gasteiger partial charge on any atom is -0.368 e. The van der Waals surface area contributed by atoms with Crippen molar-refractivity contribution >= 4 is 5.91 Å². The van der Waals surface area contributed by atoms with E-state index in [-0.39, 0.29) is 5.91 Å². The fourth-order valence-corrected chi connectivity index (χ4v) is 3.00. The summed E-state index contributed by atoms with van der Waals surface area (Å²) in [6.07, 6.45) is 5.10. The minimum absolute atomic E-state index is 0.216. The van der Waals surface area contributed by atoms with Gasteiger partial charge in [-0.15, -0.1) is 0 Å². The van der Waals surface area contributed by atoms with Crippen molar-refractivity contribution in [3.8, 4) is 0 Å². The average Bonchev–Trinajstić information content (AvgIpc) is 2.39. The first kappa shape index (κ1) is 12.8. The number of nitrogens with zero attached hydrogens (tertiary/aromatic N) is 1. The van der Waals surface area contributed by atoms with E-state index in [0.717, 1.165) is 45.3 Å². The molecule has 4 nitrogen and oxygen atoms in total. The summed E-state index contributed by atoms with van der Waals surface area (Å²) in [5, 5.41) is 3.29. The zero-order valence-corrected chi connectivity index (χ0v) is 11.0. The van der Waals surface area contributed by atoms with Crippen molar-refractivity contribution in [2.45, 2.75) is 50.7 Å². The summed E-state index contributed by atoms with van der Waals surface area (Å²) in [6, 6.07) is 0.373. The number of hydrogen-bond acceptors (Lipinski definition) is 3. The molecule has 2 rings (SSSR count). The highest BCUT2D eigenvalue weighted by molar-refractivity contribution is 5.85. The van der Waals surface area contributed by atoms with Gasteiger partial charge in [-0.3, -0.25) is 4.79 Å². The van der Waals surface area contributed by atoms with Crippen LogP contribution in [0, 0.1) is 0 Å². The number of rotatable bonds is 2. The van der Waals surface area contributed by atoms with Crippen LogP contribution in [0.1, 0.15) is 39.0 Å². The third-order valence-corrected chi connectivity index (χ3v) is 4.26. The van der Waals surface area contributed by atoms with Gasteiger partial charge < -0.3 is 15.0 Å². The van der Waals surface area contributed by atoms with Crippen LogP contribution in [0.4, 0.5) is 0 Å². The second kappa shape index (κ2) is 5.36. The van der Waals surface area contributed by atoms with E-state index in [0.29, 0.717) is 6.04 Å². The van der Waals surface area contributed by atoms with Gasteiger partial charge in [-0.05, 0) is 52.1 Å². The number of amides is 1. The first-order valence-corrected chi connectivity index (χ1v) is 6.76. The number of hydrogen-bond donors (Lipinski definition) is 1. The van der Waals surface area contributed by atoms with E-state index in [4.69, 9.17) is 4.74 Å². The molecule has 0 spiro atoms. The molecule has 17 heavy (non-hydrogen) atoms. The molecule has 98 valence electrons. The fraction of sp³-hybridized carbons (Fsp3) is 0.923. The van der Waals surface area contributed by atoms with Crippen LogP contribution in [0.3, 0.4) is 0 Å². The lowest BCUT2D eigenvalue weighted by atomic mass is 9.88. The summed E-state index contributed by atoms with van der Waals surface area (Å²) < 4.78 is 5.61. The summed E-state index contributed by atoms with van der Waals surface area (Å²) in [7, 11) is 1.68. The van der Waals surface area contributed by atoms with Gasteiger partial charge in [-0.25, -0.2) is 0 Å².